The minimum atomic E-state index is -0.447. The molecule has 0 atom stereocenters. The molecule has 1 aromatic rings. The number of non-ortho nitro benzene ring substituents is 1. The first kappa shape index (κ1) is 16.1. The highest BCUT2D eigenvalue weighted by molar-refractivity contribution is 5.94. The standard InChI is InChI=1S/C14H21N3O3/c1-11(2)16(14(18)9-10-15(3)4)12-5-7-13(8-6-12)17(19)20/h5-8,11H,9-10H2,1-4H3. The van der Waals surface area contributed by atoms with Gasteiger partial charge in [0.1, 0.15) is 0 Å². The second-order valence-corrected chi connectivity index (χ2v) is 5.18. The predicted octanol–water partition coefficient (Wildman–Crippen LogP) is 2.29. The Morgan fingerprint density at radius 2 is 1.80 bits per heavy atom. The maximum absolute atomic E-state index is 12.3. The van der Waals surface area contributed by atoms with Crippen LogP contribution in [0.5, 0.6) is 0 Å². The van der Waals surface area contributed by atoms with Gasteiger partial charge in [0, 0.05) is 36.8 Å². The lowest BCUT2D eigenvalue weighted by atomic mass is 10.2. The van der Waals surface area contributed by atoms with Crippen molar-refractivity contribution >= 4 is 17.3 Å². The summed E-state index contributed by atoms with van der Waals surface area (Å²) < 4.78 is 0. The zero-order chi connectivity index (χ0) is 15.3. The number of benzene rings is 1. The highest BCUT2D eigenvalue weighted by atomic mass is 16.6. The molecule has 0 unspecified atom stereocenters. The summed E-state index contributed by atoms with van der Waals surface area (Å²) in [6.45, 7) is 4.53. The van der Waals surface area contributed by atoms with Crippen molar-refractivity contribution in [2.75, 3.05) is 25.5 Å². The van der Waals surface area contributed by atoms with Crippen molar-refractivity contribution in [1.29, 1.82) is 0 Å². The molecule has 0 aliphatic rings. The fourth-order valence-corrected chi connectivity index (χ4v) is 1.90. The smallest absolute Gasteiger partial charge is 0.269 e. The zero-order valence-corrected chi connectivity index (χ0v) is 12.4. The third kappa shape index (κ3) is 4.31. The minimum absolute atomic E-state index is 0.00567. The summed E-state index contributed by atoms with van der Waals surface area (Å²) in [5.41, 5.74) is 0.715. The molecule has 0 bridgehead atoms. The van der Waals surface area contributed by atoms with Crippen LogP contribution in [0.15, 0.2) is 24.3 Å². The van der Waals surface area contributed by atoms with Crippen LogP contribution in [-0.2, 0) is 4.79 Å². The highest BCUT2D eigenvalue weighted by Crippen LogP contribution is 2.22. The molecule has 0 spiro atoms. The summed E-state index contributed by atoms with van der Waals surface area (Å²) in [5.74, 6) is 0.0163. The molecule has 0 radical (unpaired) electrons. The van der Waals surface area contributed by atoms with Crippen LogP contribution in [0, 0.1) is 10.1 Å². The Kier molecular flexibility index (Phi) is 5.64. The molecule has 6 heteroatoms. The SMILES string of the molecule is CC(C)N(C(=O)CCN(C)C)c1ccc([N+](=O)[O-])cc1. The minimum Gasteiger partial charge on any atom is -0.310 e. The molecular weight excluding hydrogens is 258 g/mol. The maximum atomic E-state index is 12.3. The second-order valence-electron chi connectivity index (χ2n) is 5.18. The van der Waals surface area contributed by atoms with E-state index >= 15 is 0 Å². The third-order valence-electron chi connectivity index (χ3n) is 2.90. The fraction of sp³-hybridized carbons (Fsp3) is 0.500. The number of nitro groups is 1. The predicted molar refractivity (Wildman–Crippen MR) is 78.9 cm³/mol. The normalized spacial score (nSPS) is 10.9. The molecule has 1 rings (SSSR count). The summed E-state index contributed by atoms with van der Waals surface area (Å²) in [4.78, 5) is 26.1. The molecule has 0 fully saturated rings. The fourth-order valence-electron chi connectivity index (χ4n) is 1.90. The summed E-state index contributed by atoms with van der Waals surface area (Å²) in [6.07, 6.45) is 0.419. The van der Waals surface area contributed by atoms with Crippen LogP contribution in [0.4, 0.5) is 11.4 Å². The van der Waals surface area contributed by atoms with Gasteiger partial charge in [-0.2, -0.15) is 0 Å². The molecule has 0 heterocycles. The molecule has 20 heavy (non-hydrogen) atoms. The molecule has 110 valence electrons. The topological polar surface area (TPSA) is 66.7 Å². The Labute approximate surface area is 119 Å². The van der Waals surface area contributed by atoms with Crippen molar-refractivity contribution in [2.45, 2.75) is 26.3 Å². The molecule has 0 saturated heterocycles. The first-order valence-electron chi connectivity index (χ1n) is 6.54. The van der Waals surface area contributed by atoms with Gasteiger partial charge >= 0.3 is 0 Å². The lowest BCUT2D eigenvalue weighted by Gasteiger charge is -2.27. The third-order valence-corrected chi connectivity index (χ3v) is 2.90. The van der Waals surface area contributed by atoms with E-state index in [0.717, 1.165) is 0 Å². The lowest BCUT2D eigenvalue weighted by Crippen LogP contribution is -2.38. The number of carbonyl (C=O) groups excluding carboxylic acids is 1. The highest BCUT2D eigenvalue weighted by Gasteiger charge is 2.19. The van der Waals surface area contributed by atoms with E-state index in [9.17, 15) is 14.9 Å². The quantitative estimate of drug-likeness (QED) is 0.592. The number of amides is 1. The van der Waals surface area contributed by atoms with Gasteiger partial charge in [-0.25, -0.2) is 0 Å². The first-order chi connectivity index (χ1) is 9.32. The maximum Gasteiger partial charge on any atom is 0.269 e. The van der Waals surface area contributed by atoms with Gasteiger partial charge in [-0.3, -0.25) is 14.9 Å². The molecule has 1 aromatic carbocycles. The summed E-state index contributed by atoms with van der Waals surface area (Å²) >= 11 is 0. The Morgan fingerprint density at radius 1 is 1.25 bits per heavy atom. The number of nitrogens with zero attached hydrogens (tertiary/aromatic N) is 3. The molecule has 6 nitrogen and oxygen atoms in total. The van der Waals surface area contributed by atoms with Crippen LogP contribution in [0.3, 0.4) is 0 Å². The van der Waals surface area contributed by atoms with Crippen molar-refractivity contribution < 1.29 is 9.72 Å². The number of anilines is 1. The van der Waals surface area contributed by atoms with E-state index < -0.39 is 4.92 Å². The van der Waals surface area contributed by atoms with Crippen molar-refractivity contribution in [3.8, 4) is 0 Å². The molecular formula is C14H21N3O3. The Morgan fingerprint density at radius 3 is 2.20 bits per heavy atom. The molecule has 0 aromatic heterocycles. The molecule has 0 saturated carbocycles. The van der Waals surface area contributed by atoms with E-state index in [0.29, 0.717) is 18.7 Å². The largest absolute Gasteiger partial charge is 0.310 e. The average Bonchev–Trinajstić information content (AvgIpc) is 2.36. The van der Waals surface area contributed by atoms with Crippen LogP contribution in [0.2, 0.25) is 0 Å². The summed E-state index contributed by atoms with van der Waals surface area (Å²) in [7, 11) is 3.83. The molecule has 0 N–H and O–H groups in total. The Hall–Kier alpha value is -1.95. The van der Waals surface area contributed by atoms with Crippen LogP contribution in [-0.4, -0.2) is 42.4 Å². The first-order valence-corrected chi connectivity index (χ1v) is 6.54. The van der Waals surface area contributed by atoms with Gasteiger partial charge in [-0.1, -0.05) is 0 Å². The van der Waals surface area contributed by atoms with Gasteiger partial charge in [-0.05, 0) is 40.1 Å². The number of rotatable bonds is 6. The van der Waals surface area contributed by atoms with Crippen LogP contribution < -0.4 is 4.90 Å². The Balaban J connectivity index is 2.90. The van der Waals surface area contributed by atoms with Gasteiger partial charge in [0.15, 0.2) is 0 Å². The molecule has 0 aliphatic heterocycles. The van der Waals surface area contributed by atoms with Crippen LogP contribution in [0.25, 0.3) is 0 Å². The van der Waals surface area contributed by atoms with Crippen molar-refractivity contribution in [1.82, 2.24) is 4.90 Å². The van der Waals surface area contributed by atoms with Gasteiger partial charge in [0.05, 0.1) is 4.92 Å². The average molecular weight is 279 g/mol. The van der Waals surface area contributed by atoms with E-state index in [-0.39, 0.29) is 17.6 Å². The Bertz CT molecular complexity index is 469. The number of hydrogen-bond donors (Lipinski definition) is 0. The van der Waals surface area contributed by atoms with Crippen molar-refractivity contribution in [2.24, 2.45) is 0 Å². The molecule has 1 amide bonds. The van der Waals surface area contributed by atoms with Gasteiger partial charge < -0.3 is 9.80 Å². The number of nitro benzene ring substituents is 1. The summed E-state index contributed by atoms with van der Waals surface area (Å²) in [5, 5.41) is 10.6. The van der Waals surface area contributed by atoms with Crippen molar-refractivity contribution in [3.63, 3.8) is 0 Å². The molecule has 0 aliphatic carbocycles. The van der Waals surface area contributed by atoms with Gasteiger partial charge in [-0.15, -0.1) is 0 Å². The van der Waals surface area contributed by atoms with E-state index in [1.165, 1.54) is 12.1 Å². The van der Waals surface area contributed by atoms with Gasteiger partial charge in [0.2, 0.25) is 5.91 Å². The number of carbonyl (C=O) groups is 1. The van der Waals surface area contributed by atoms with E-state index in [2.05, 4.69) is 0 Å². The monoisotopic (exact) mass is 279 g/mol. The van der Waals surface area contributed by atoms with E-state index in [1.807, 2.05) is 32.8 Å². The van der Waals surface area contributed by atoms with Crippen LogP contribution in [0.1, 0.15) is 20.3 Å². The lowest BCUT2D eigenvalue weighted by molar-refractivity contribution is -0.384. The van der Waals surface area contributed by atoms with Crippen molar-refractivity contribution in [3.05, 3.63) is 34.4 Å². The second kappa shape index (κ2) is 7.00. The van der Waals surface area contributed by atoms with Gasteiger partial charge in [0.25, 0.3) is 5.69 Å². The number of hydrogen-bond acceptors (Lipinski definition) is 4. The zero-order valence-electron chi connectivity index (χ0n) is 12.4. The van der Waals surface area contributed by atoms with E-state index in [1.54, 1.807) is 17.0 Å². The summed E-state index contributed by atoms with van der Waals surface area (Å²) in [6, 6.07) is 6.08. The van der Waals surface area contributed by atoms with Crippen LogP contribution >= 0.6 is 0 Å². The van der Waals surface area contributed by atoms with E-state index in [4.69, 9.17) is 0 Å².